The molecule has 0 saturated carbocycles. The molecule has 6 nitrogen and oxygen atoms in total. The number of carboxylic acid groups (broad SMARTS) is 1. The number of hydrogen-bond acceptors (Lipinski definition) is 4. The average Bonchev–Trinajstić information content (AvgIpc) is 2.39. The molecule has 0 aliphatic rings. The molecule has 0 amide bonds. The van der Waals surface area contributed by atoms with Crippen LogP contribution in [0.4, 0.5) is 0 Å². The Kier molecular flexibility index (Phi) is 3.73. The Bertz CT molecular complexity index is 720. The molecule has 0 atom stereocenters. The summed E-state index contributed by atoms with van der Waals surface area (Å²) in [5.74, 6) is -0.159. The van der Waals surface area contributed by atoms with E-state index in [4.69, 9.17) is 15.0 Å². The molecule has 7 heteroatoms. The summed E-state index contributed by atoms with van der Waals surface area (Å²) >= 11 is 0. The highest BCUT2D eigenvalue weighted by Gasteiger charge is 2.07. The van der Waals surface area contributed by atoms with Gasteiger partial charge in [-0.25, -0.2) is 18.4 Å². The second kappa shape index (κ2) is 5.32. The first-order valence-electron chi connectivity index (χ1n) is 5.50. The topological polar surface area (TPSA) is 107 Å². The van der Waals surface area contributed by atoms with Gasteiger partial charge in [-0.3, -0.25) is 0 Å². The maximum Gasteiger partial charge on any atom is 0.335 e. The average molecular weight is 293 g/mol. The van der Waals surface area contributed by atoms with Crippen molar-refractivity contribution in [2.75, 3.05) is 0 Å². The van der Waals surface area contributed by atoms with Crippen molar-refractivity contribution in [3.05, 3.63) is 54.1 Å². The number of sulfonamides is 1. The fourth-order valence-electron chi connectivity index (χ4n) is 1.50. The van der Waals surface area contributed by atoms with Crippen LogP contribution in [0.25, 0.3) is 0 Å². The van der Waals surface area contributed by atoms with Gasteiger partial charge in [-0.15, -0.1) is 0 Å². The molecule has 104 valence electrons. The number of hydrogen-bond donors (Lipinski definition) is 2. The van der Waals surface area contributed by atoms with E-state index in [1.165, 1.54) is 48.5 Å². The highest BCUT2D eigenvalue weighted by molar-refractivity contribution is 7.89. The van der Waals surface area contributed by atoms with Gasteiger partial charge in [-0.1, -0.05) is 0 Å². The van der Waals surface area contributed by atoms with Crippen LogP contribution in [0.3, 0.4) is 0 Å². The first-order valence-corrected chi connectivity index (χ1v) is 7.05. The number of ether oxygens (including phenoxy) is 1. The van der Waals surface area contributed by atoms with Crippen molar-refractivity contribution in [2.45, 2.75) is 4.90 Å². The van der Waals surface area contributed by atoms with E-state index in [9.17, 15) is 13.2 Å². The van der Waals surface area contributed by atoms with Gasteiger partial charge in [0.15, 0.2) is 0 Å². The molecule has 2 aromatic rings. The lowest BCUT2D eigenvalue weighted by Crippen LogP contribution is -2.11. The summed E-state index contributed by atoms with van der Waals surface area (Å²) in [5.41, 5.74) is 0.155. The molecule has 0 fully saturated rings. The van der Waals surface area contributed by atoms with Gasteiger partial charge >= 0.3 is 5.97 Å². The van der Waals surface area contributed by atoms with E-state index in [-0.39, 0.29) is 10.5 Å². The van der Waals surface area contributed by atoms with Crippen molar-refractivity contribution in [1.82, 2.24) is 0 Å². The molecule has 3 N–H and O–H groups in total. The zero-order valence-electron chi connectivity index (χ0n) is 10.2. The largest absolute Gasteiger partial charge is 0.478 e. The molecule has 0 saturated heterocycles. The quantitative estimate of drug-likeness (QED) is 0.894. The Labute approximate surface area is 115 Å². The zero-order valence-corrected chi connectivity index (χ0v) is 11.0. The van der Waals surface area contributed by atoms with E-state index < -0.39 is 16.0 Å². The summed E-state index contributed by atoms with van der Waals surface area (Å²) in [4.78, 5) is 10.7. The van der Waals surface area contributed by atoms with E-state index in [2.05, 4.69) is 0 Å². The summed E-state index contributed by atoms with van der Waals surface area (Å²) in [7, 11) is -3.73. The lowest BCUT2D eigenvalue weighted by atomic mass is 10.2. The van der Waals surface area contributed by atoms with Crippen LogP contribution >= 0.6 is 0 Å². The normalized spacial score (nSPS) is 11.1. The van der Waals surface area contributed by atoms with Crippen LogP contribution in [-0.4, -0.2) is 19.5 Å². The van der Waals surface area contributed by atoms with E-state index in [0.717, 1.165) is 0 Å². The zero-order chi connectivity index (χ0) is 14.8. The fourth-order valence-corrected chi connectivity index (χ4v) is 2.01. The third kappa shape index (κ3) is 3.34. The van der Waals surface area contributed by atoms with Crippen LogP contribution in [0.5, 0.6) is 11.5 Å². The molecule has 20 heavy (non-hydrogen) atoms. The summed E-state index contributed by atoms with van der Waals surface area (Å²) < 4.78 is 27.6. The van der Waals surface area contributed by atoms with Crippen LogP contribution < -0.4 is 9.88 Å². The number of aromatic carboxylic acids is 1. The number of benzene rings is 2. The van der Waals surface area contributed by atoms with Gasteiger partial charge in [0.05, 0.1) is 10.5 Å². The van der Waals surface area contributed by atoms with Gasteiger partial charge in [0.2, 0.25) is 10.0 Å². The molecule has 2 rings (SSSR count). The molecule has 0 aliphatic carbocycles. The SMILES string of the molecule is NS(=O)(=O)c1ccc(Oc2ccc(C(=O)O)cc2)cc1. The Morgan fingerprint density at radius 1 is 0.950 bits per heavy atom. The number of carboxylic acids is 1. The molecular weight excluding hydrogens is 282 g/mol. The van der Waals surface area contributed by atoms with Crippen LogP contribution in [0.15, 0.2) is 53.4 Å². The van der Waals surface area contributed by atoms with E-state index >= 15 is 0 Å². The number of primary sulfonamides is 1. The van der Waals surface area contributed by atoms with Gasteiger partial charge in [-0.05, 0) is 48.5 Å². The van der Waals surface area contributed by atoms with E-state index in [1.807, 2.05) is 0 Å². The smallest absolute Gasteiger partial charge is 0.335 e. The Morgan fingerprint density at radius 3 is 1.80 bits per heavy atom. The molecule has 0 heterocycles. The molecule has 0 radical (unpaired) electrons. The summed E-state index contributed by atoms with van der Waals surface area (Å²) in [6, 6.07) is 11.4. The van der Waals surface area contributed by atoms with Gasteiger partial charge in [0.1, 0.15) is 11.5 Å². The minimum absolute atomic E-state index is 0.00826. The van der Waals surface area contributed by atoms with Crippen LogP contribution in [0.2, 0.25) is 0 Å². The predicted molar refractivity (Wildman–Crippen MR) is 71.3 cm³/mol. The second-order valence-electron chi connectivity index (χ2n) is 3.95. The predicted octanol–water partition coefficient (Wildman–Crippen LogP) is 1.82. The fraction of sp³-hybridized carbons (Fsp3) is 0. The van der Waals surface area contributed by atoms with Crippen LogP contribution in [-0.2, 0) is 10.0 Å². The molecule has 0 aliphatic heterocycles. The van der Waals surface area contributed by atoms with Crippen molar-refractivity contribution in [3.63, 3.8) is 0 Å². The van der Waals surface area contributed by atoms with Gasteiger partial charge in [-0.2, -0.15) is 0 Å². The van der Waals surface area contributed by atoms with Gasteiger partial charge in [0, 0.05) is 0 Å². The molecule has 0 aromatic heterocycles. The van der Waals surface area contributed by atoms with Crippen molar-refractivity contribution in [3.8, 4) is 11.5 Å². The molecular formula is C13H11NO5S. The van der Waals surface area contributed by atoms with Gasteiger partial charge < -0.3 is 9.84 Å². The van der Waals surface area contributed by atoms with Crippen molar-refractivity contribution < 1.29 is 23.1 Å². The van der Waals surface area contributed by atoms with Crippen molar-refractivity contribution in [2.24, 2.45) is 5.14 Å². The Balaban J connectivity index is 2.16. The van der Waals surface area contributed by atoms with E-state index in [1.54, 1.807) is 0 Å². The first-order chi connectivity index (χ1) is 9.36. The van der Waals surface area contributed by atoms with Crippen molar-refractivity contribution >= 4 is 16.0 Å². The minimum Gasteiger partial charge on any atom is -0.478 e. The first kappa shape index (κ1) is 14.0. The monoisotopic (exact) mass is 293 g/mol. The van der Waals surface area contributed by atoms with Gasteiger partial charge in [0.25, 0.3) is 0 Å². The maximum atomic E-state index is 11.1. The summed E-state index contributed by atoms with van der Waals surface area (Å²) in [5, 5.41) is 13.7. The van der Waals surface area contributed by atoms with Crippen molar-refractivity contribution in [1.29, 1.82) is 0 Å². The minimum atomic E-state index is -3.73. The molecule has 2 aromatic carbocycles. The van der Waals surface area contributed by atoms with E-state index in [0.29, 0.717) is 11.5 Å². The Morgan fingerprint density at radius 2 is 1.40 bits per heavy atom. The number of rotatable bonds is 4. The number of carbonyl (C=O) groups is 1. The third-order valence-corrected chi connectivity index (χ3v) is 3.42. The number of nitrogens with two attached hydrogens (primary N) is 1. The van der Waals surface area contributed by atoms with Crippen LogP contribution in [0.1, 0.15) is 10.4 Å². The standard InChI is InChI=1S/C13H11NO5S/c14-20(17,18)12-7-5-11(6-8-12)19-10-3-1-9(2-4-10)13(15)16/h1-8H,(H,15,16)(H2,14,17,18). The molecule has 0 bridgehead atoms. The summed E-state index contributed by atoms with van der Waals surface area (Å²) in [6.45, 7) is 0. The highest BCUT2D eigenvalue weighted by Crippen LogP contribution is 2.22. The Hall–Kier alpha value is -2.38. The molecule has 0 unspecified atom stereocenters. The highest BCUT2D eigenvalue weighted by atomic mass is 32.2. The summed E-state index contributed by atoms with van der Waals surface area (Å²) in [6.07, 6.45) is 0. The van der Waals surface area contributed by atoms with Crippen LogP contribution in [0, 0.1) is 0 Å². The maximum absolute atomic E-state index is 11.1. The molecule has 0 spiro atoms. The lowest BCUT2D eigenvalue weighted by molar-refractivity contribution is 0.0697. The third-order valence-electron chi connectivity index (χ3n) is 2.49. The second-order valence-corrected chi connectivity index (χ2v) is 5.51. The lowest BCUT2D eigenvalue weighted by Gasteiger charge is -2.06.